The molecular formula is C22H41N3O3. The van der Waals surface area contributed by atoms with Crippen LogP contribution in [0.5, 0.6) is 0 Å². The van der Waals surface area contributed by atoms with E-state index in [-0.39, 0.29) is 18.4 Å². The number of β-amino-alcohol motifs (C(OH)–C–C–N with tert-alkyl or cyclic N) is 1. The summed E-state index contributed by atoms with van der Waals surface area (Å²) >= 11 is 0. The van der Waals surface area contributed by atoms with E-state index in [9.17, 15) is 14.7 Å². The Bertz CT molecular complexity index is 452. The zero-order chi connectivity index (χ0) is 20.0. The fourth-order valence-electron chi connectivity index (χ4n) is 4.21. The van der Waals surface area contributed by atoms with E-state index in [1.807, 2.05) is 0 Å². The lowest BCUT2D eigenvalue weighted by atomic mass is 10.1. The molecule has 2 heterocycles. The molecule has 0 spiro atoms. The van der Waals surface area contributed by atoms with Crippen LogP contribution in [0.1, 0.15) is 83.5 Å². The zero-order valence-electron chi connectivity index (χ0n) is 17.7. The van der Waals surface area contributed by atoms with Crippen molar-refractivity contribution in [3.05, 3.63) is 0 Å². The van der Waals surface area contributed by atoms with E-state index in [1.165, 1.54) is 77.4 Å². The van der Waals surface area contributed by atoms with Gasteiger partial charge >= 0.3 is 0 Å². The Hall–Kier alpha value is -1.14. The van der Waals surface area contributed by atoms with E-state index in [0.29, 0.717) is 25.9 Å². The molecule has 2 amide bonds. The number of hydrogen-bond acceptors (Lipinski definition) is 4. The van der Waals surface area contributed by atoms with E-state index in [4.69, 9.17) is 0 Å². The molecule has 2 aliphatic rings. The standard InChI is InChI=1S/C22H41N3O3/c26-20-13-17-25(19-20)22(28)18-23-21(27)12-8-5-3-1-2-4-6-9-14-24-15-10-7-11-16-24/h20,26H,1-19H2,(H,23,27). The first-order valence-electron chi connectivity index (χ1n) is 11.6. The number of carbonyl (C=O) groups excluding carboxylic acids is 2. The highest BCUT2D eigenvalue weighted by Gasteiger charge is 2.24. The fourth-order valence-corrected chi connectivity index (χ4v) is 4.21. The Morgan fingerprint density at radius 2 is 1.50 bits per heavy atom. The molecule has 0 aliphatic carbocycles. The van der Waals surface area contributed by atoms with Gasteiger partial charge < -0.3 is 20.2 Å². The van der Waals surface area contributed by atoms with E-state index in [1.54, 1.807) is 4.90 Å². The lowest BCUT2D eigenvalue weighted by molar-refractivity contribution is -0.132. The monoisotopic (exact) mass is 395 g/mol. The Balaban J connectivity index is 1.33. The molecule has 0 saturated carbocycles. The molecule has 6 nitrogen and oxygen atoms in total. The summed E-state index contributed by atoms with van der Waals surface area (Å²) < 4.78 is 0. The molecule has 162 valence electrons. The van der Waals surface area contributed by atoms with Gasteiger partial charge in [0, 0.05) is 19.5 Å². The molecule has 2 rings (SSSR count). The van der Waals surface area contributed by atoms with E-state index in [2.05, 4.69) is 10.2 Å². The Morgan fingerprint density at radius 1 is 0.857 bits per heavy atom. The van der Waals surface area contributed by atoms with Gasteiger partial charge in [-0.05, 0) is 51.7 Å². The largest absolute Gasteiger partial charge is 0.391 e. The number of aliphatic hydroxyl groups is 1. The van der Waals surface area contributed by atoms with Crippen molar-refractivity contribution >= 4 is 11.8 Å². The van der Waals surface area contributed by atoms with Gasteiger partial charge in [-0.15, -0.1) is 0 Å². The number of piperidine rings is 1. The highest BCUT2D eigenvalue weighted by molar-refractivity contribution is 5.84. The summed E-state index contributed by atoms with van der Waals surface area (Å²) in [6.45, 7) is 4.95. The van der Waals surface area contributed by atoms with Gasteiger partial charge in [0.15, 0.2) is 0 Å². The summed E-state index contributed by atoms with van der Waals surface area (Å²) in [5, 5.41) is 12.2. The average molecular weight is 396 g/mol. The summed E-state index contributed by atoms with van der Waals surface area (Å²) in [5.41, 5.74) is 0. The summed E-state index contributed by atoms with van der Waals surface area (Å²) in [7, 11) is 0. The van der Waals surface area contributed by atoms with Crippen molar-refractivity contribution in [3.63, 3.8) is 0 Å². The number of nitrogens with zero attached hydrogens (tertiary/aromatic N) is 2. The van der Waals surface area contributed by atoms with Crippen LogP contribution in [0.15, 0.2) is 0 Å². The van der Waals surface area contributed by atoms with E-state index < -0.39 is 6.10 Å². The first-order valence-corrected chi connectivity index (χ1v) is 11.6. The molecule has 0 aromatic rings. The zero-order valence-corrected chi connectivity index (χ0v) is 17.7. The molecule has 1 unspecified atom stereocenters. The van der Waals surface area contributed by atoms with Crippen LogP contribution in [-0.4, -0.2) is 72.1 Å². The average Bonchev–Trinajstić information content (AvgIpc) is 3.15. The molecule has 2 N–H and O–H groups in total. The third-order valence-corrected chi connectivity index (χ3v) is 6.03. The first-order chi connectivity index (χ1) is 13.6. The maximum Gasteiger partial charge on any atom is 0.242 e. The molecular weight excluding hydrogens is 354 g/mol. The van der Waals surface area contributed by atoms with Crippen LogP contribution in [0, 0.1) is 0 Å². The minimum absolute atomic E-state index is 0.0363. The maximum absolute atomic E-state index is 11.9. The topological polar surface area (TPSA) is 72.9 Å². The second-order valence-corrected chi connectivity index (χ2v) is 8.54. The van der Waals surface area contributed by atoms with Gasteiger partial charge in [0.1, 0.15) is 0 Å². The molecule has 2 aliphatic heterocycles. The van der Waals surface area contributed by atoms with Gasteiger partial charge in [0.2, 0.25) is 11.8 Å². The van der Waals surface area contributed by atoms with Gasteiger partial charge in [-0.25, -0.2) is 0 Å². The number of carbonyl (C=O) groups is 2. The molecule has 2 fully saturated rings. The van der Waals surface area contributed by atoms with Gasteiger partial charge in [-0.1, -0.05) is 44.9 Å². The van der Waals surface area contributed by atoms with Gasteiger partial charge in [0.05, 0.1) is 12.6 Å². The number of aliphatic hydroxyl groups excluding tert-OH is 1. The quantitative estimate of drug-likeness (QED) is 0.470. The van der Waals surface area contributed by atoms with Crippen LogP contribution in [0.2, 0.25) is 0 Å². The van der Waals surface area contributed by atoms with Gasteiger partial charge in [0.25, 0.3) is 0 Å². The lowest BCUT2D eigenvalue weighted by Gasteiger charge is -2.26. The normalized spacial score (nSPS) is 20.5. The van der Waals surface area contributed by atoms with Crippen LogP contribution < -0.4 is 5.32 Å². The number of amides is 2. The highest BCUT2D eigenvalue weighted by atomic mass is 16.3. The maximum atomic E-state index is 11.9. The van der Waals surface area contributed by atoms with Crippen LogP contribution in [0.3, 0.4) is 0 Å². The van der Waals surface area contributed by atoms with Crippen molar-refractivity contribution in [2.75, 3.05) is 39.3 Å². The number of rotatable bonds is 13. The fraction of sp³-hybridized carbons (Fsp3) is 0.909. The first kappa shape index (κ1) is 23.1. The Labute approximate surface area is 171 Å². The second kappa shape index (κ2) is 13.9. The van der Waals surface area contributed by atoms with Crippen molar-refractivity contribution in [2.24, 2.45) is 0 Å². The van der Waals surface area contributed by atoms with Crippen molar-refractivity contribution in [1.82, 2.24) is 15.1 Å². The predicted molar refractivity (Wildman–Crippen MR) is 112 cm³/mol. The summed E-state index contributed by atoms with van der Waals surface area (Å²) in [6.07, 6.45) is 14.7. The summed E-state index contributed by atoms with van der Waals surface area (Å²) in [6, 6.07) is 0. The molecule has 0 aromatic carbocycles. The molecule has 6 heteroatoms. The smallest absolute Gasteiger partial charge is 0.242 e. The number of likely N-dealkylation sites (tertiary alicyclic amines) is 2. The van der Waals surface area contributed by atoms with Crippen molar-refractivity contribution in [3.8, 4) is 0 Å². The predicted octanol–water partition coefficient (Wildman–Crippen LogP) is 2.69. The Morgan fingerprint density at radius 3 is 2.14 bits per heavy atom. The minimum Gasteiger partial charge on any atom is -0.391 e. The second-order valence-electron chi connectivity index (χ2n) is 8.54. The van der Waals surface area contributed by atoms with Crippen LogP contribution in [0.25, 0.3) is 0 Å². The Kier molecular flexibility index (Phi) is 11.5. The van der Waals surface area contributed by atoms with E-state index >= 15 is 0 Å². The summed E-state index contributed by atoms with van der Waals surface area (Å²) in [5.74, 6) is -0.129. The molecule has 0 bridgehead atoms. The van der Waals surface area contributed by atoms with Crippen LogP contribution >= 0.6 is 0 Å². The van der Waals surface area contributed by atoms with Crippen LogP contribution in [-0.2, 0) is 9.59 Å². The SMILES string of the molecule is O=C(CCCCCCCCCCN1CCCCC1)NCC(=O)N1CCC(O)C1. The number of hydrogen-bond donors (Lipinski definition) is 2. The highest BCUT2D eigenvalue weighted by Crippen LogP contribution is 2.13. The number of unbranched alkanes of at least 4 members (excludes halogenated alkanes) is 7. The van der Waals surface area contributed by atoms with Crippen LogP contribution in [0.4, 0.5) is 0 Å². The lowest BCUT2D eigenvalue weighted by Crippen LogP contribution is -2.39. The third-order valence-electron chi connectivity index (χ3n) is 6.03. The third kappa shape index (κ3) is 9.87. The van der Waals surface area contributed by atoms with Crippen molar-refractivity contribution in [1.29, 1.82) is 0 Å². The molecule has 0 aromatic heterocycles. The van der Waals surface area contributed by atoms with E-state index in [0.717, 1.165) is 12.8 Å². The molecule has 2 saturated heterocycles. The molecule has 1 atom stereocenters. The summed E-state index contributed by atoms with van der Waals surface area (Å²) in [4.78, 5) is 28.0. The van der Waals surface area contributed by atoms with Crippen molar-refractivity contribution in [2.45, 2.75) is 89.6 Å². The minimum atomic E-state index is -0.408. The van der Waals surface area contributed by atoms with Crippen molar-refractivity contribution < 1.29 is 14.7 Å². The van der Waals surface area contributed by atoms with Gasteiger partial charge in [-0.3, -0.25) is 9.59 Å². The molecule has 28 heavy (non-hydrogen) atoms. The molecule has 0 radical (unpaired) electrons. The van der Waals surface area contributed by atoms with Gasteiger partial charge in [-0.2, -0.15) is 0 Å². The number of nitrogens with one attached hydrogen (secondary N) is 1.